The van der Waals surface area contributed by atoms with Crippen LogP contribution in [0.15, 0.2) is 29.3 Å². The highest BCUT2D eigenvalue weighted by atomic mass is 127. The first kappa shape index (κ1) is 22.0. The van der Waals surface area contributed by atoms with Gasteiger partial charge in [0.05, 0.1) is 13.2 Å². The largest absolute Gasteiger partial charge is 0.494 e. The predicted molar refractivity (Wildman–Crippen MR) is 114 cm³/mol. The molecule has 25 heavy (non-hydrogen) atoms. The van der Waals surface area contributed by atoms with E-state index in [-0.39, 0.29) is 24.0 Å². The molecule has 5 nitrogen and oxygen atoms in total. The second-order valence-corrected chi connectivity index (χ2v) is 6.34. The van der Waals surface area contributed by atoms with Gasteiger partial charge >= 0.3 is 0 Å². The average Bonchev–Trinajstić information content (AvgIpc) is 3.42. The summed E-state index contributed by atoms with van der Waals surface area (Å²) in [6.45, 7) is 6.08. The molecule has 1 fully saturated rings. The third kappa shape index (κ3) is 8.76. The lowest BCUT2D eigenvalue weighted by molar-refractivity contribution is 0.115. The van der Waals surface area contributed by atoms with Gasteiger partial charge in [0, 0.05) is 33.8 Å². The standard InChI is InChI=1S/C19H31N3O2.HI/c1-4-11-24-18-7-5-6-17(13-18)14-21-19(20-2)22(3)10-12-23-15-16-8-9-16;/h5-7,13,16H,4,8-12,14-15H2,1-3H3,(H,20,21);1H. The van der Waals surface area contributed by atoms with Crippen LogP contribution in [0.3, 0.4) is 0 Å². The molecule has 142 valence electrons. The zero-order valence-corrected chi connectivity index (χ0v) is 18.0. The monoisotopic (exact) mass is 461 g/mol. The van der Waals surface area contributed by atoms with E-state index in [1.807, 2.05) is 26.2 Å². The van der Waals surface area contributed by atoms with E-state index in [1.165, 1.54) is 18.4 Å². The summed E-state index contributed by atoms with van der Waals surface area (Å²) in [7, 11) is 3.85. The number of nitrogens with one attached hydrogen (secondary N) is 1. The van der Waals surface area contributed by atoms with Crippen molar-refractivity contribution >= 4 is 29.9 Å². The molecular formula is C19H32IN3O2. The van der Waals surface area contributed by atoms with Crippen molar-refractivity contribution in [1.29, 1.82) is 0 Å². The van der Waals surface area contributed by atoms with Crippen molar-refractivity contribution in [2.45, 2.75) is 32.7 Å². The Balaban J connectivity index is 0.00000312. The molecule has 0 bridgehead atoms. The number of nitrogens with zero attached hydrogens (tertiary/aromatic N) is 2. The third-order valence-electron chi connectivity index (χ3n) is 4.02. The lowest BCUT2D eigenvalue weighted by Crippen LogP contribution is -2.40. The number of aliphatic imine (C=N–C) groups is 1. The number of ether oxygens (including phenoxy) is 2. The first-order chi connectivity index (χ1) is 11.7. The van der Waals surface area contributed by atoms with Crippen LogP contribution in [0.5, 0.6) is 5.75 Å². The van der Waals surface area contributed by atoms with Crippen molar-refractivity contribution in [3.05, 3.63) is 29.8 Å². The quantitative estimate of drug-likeness (QED) is 0.251. The van der Waals surface area contributed by atoms with Gasteiger partial charge < -0.3 is 19.7 Å². The van der Waals surface area contributed by atoms with Crippen LogP contribution in [-0.4, -0.2) is 51.3 Å². The van der Waals surface area contributed by atoms with Crippen molar-refractivity contribution in [3.8, 4) is 5.75 Å². The lowest BCUT2D eigenvalue weighted by atomic mass is 10.2. The van der Waals surface area contributed by atoms with Gasteiger partial charge in [-0.1, -0.05) is 19.1 Å². The maximum Gasteiger partial charge on any atom is 0.193 e. The molecule has 1 saturated carbocycles. The molecule has 2 rings (SSSR count). The van der Waals surface area contributed by atoms with E-state index in [2.05, 4.69) is 34.3 Å². The van der Waals surface area contributed by atoms with Crippen LogP contribution in [0.25, 0.3) is 0 Å². The maximum absolute atomic E-state index is 5.70. The average molecular weight is 461 g/mol. The molecule has 1 aromatic carbocycles. The van der Waals surface area contributed by atoms with Crippen LogP contribution in [0.1, 0.15) is 31.7 Å². The first-order valence-electron chi connectivity index (χ1n) is 8.94. The Morgan fingerprint density at radius 2 is 2.12 bits per heavy atom. The minimum absolute atomic E-state index is 0. The number of rotatable bonds is 10. The fourth-order valence-corrected chi connectivity index (χ4v) is 2.37. The molecule has 0 aliphatic heterocycles. The normalized spacial score (nSPS) is 14.0. The molecule has 0 heterocycles. The number of likely N-dealkylation sites (N-methyl/N-ethyl adjacent to an activating group) is 1. The van der Waals surface area contributed by atoms with Crippen molar-refractivity contribution in [2.75, 3.05) is 40.5 Å². The van der Waals surface area contributed by atoms with E-state index in [9.17, 15) is 0 Å². The molecule has 0 radical (unpaired) electrons. The fraction of sp³-hybridized carbons (Fsp3) is 0.632. The molecule has 1 aliphatic rings. The van der Waals surface area contributed by atoms with Gasteiger partial charge in [-0.15, -0.1) is 24.0 Å². The van der Waals surface area contributed by atoms with E-state index in [0.717, 1.165) is 57.0 Å². The Kier molecular flexibility index (Phi) is 10.9. The van der Waals surface area contributed by atoms with Gasteiger partial charge in [-0.2, -0.15) is 0 Å². The molecule has 0 amide bonds. The highest BCUT2D eigenvalue weighted by Gasteiger charge is 2.21. The first-order valence-corrected chi connectivity index (χ1v) is 8.94. The summed E-state index contributed by atoms with van der Waals surface area (Å²) in [6, 6.07) is 8.20. The van der Waals surface area contributed by atoms with Crippen LogP contribution in [0.4, 0.5) is 0 Å². The second kappa shape index (κ2) is 12.4. The van der Waals surface area contributed by atoms with Crippen LogP contribution >= 0.6 is 24.0 Å². The molecule has 0 saturated heterocycles. The molecule has 0 aromatic heterocycles. The Hall–Kier alpha value is -1.02. The van der Waals surface area contributed by atoms with Gasteiger partial charge in [-0.25, -0.2) is 0 Å². The van der Waals surface area contributed by atoms with E-state index in [1.54, 1.807) is 0 Å². The Morgan fingerprint density at radius 1 is 1.32 bits per heavy atom. The van der Waals surface area contributed by atoms with Gasteiger partial charge in [0.1, 0.15) is 5.75 Å². The van der Waals surface area contributed by atoms with E-state index in [0.29, 0.717) is 0 Å². The van der Waals surface area contributed by atoms with Crippen molar-refractivity contribution in [3.63, 3.8) is 0 Å². The molecule has 1 aromatic rings. The summed E-state index contributed by atoms with van der Waals surface area (Å²) in [5.74, 6) is 2.62. The Morgan fingerprint density at radius 3 is 2.80 bits per heavy atom. The predicted octanol–water partition coefficient (Wildman–Crippen LogP) is 3.53. The van der Waals surface area contributed by atoms with Crippen molar-refractivity contribution in [2.24, 2.45) is 10.9 Å². The topological polar surface area (TPSA) is 46.1 Å². The van der Waals surface area contributed by atoms with Gasteiger partial charge in [-0.05, 0) is 42.9 Å². The van der Waals surface area contributed by atoms with Crippen LogP contribution in [0.2, 0.25) is 0 Å². The number of hydrogen-bond acceptors (Lipinski definition) is 3. The highest BCUT2D eigenvalue weighted by Crippen LogP contribution is 2.28. The van der Waals surface area contributed by atoms with Gasteiger partial charge in [0.25, 0.3) is 0 Å². The zero-order chi connectivity index (χ0) is 17.2. The number of guanidine groups is 1. The number of benzene rings is 1. The lowest BCUT2D eigenvalue weighted by Gasteiger charge is -2.22. The van der Waals surface area contributed by atoms with Crippen molar-refractivity contribution < 1.29 is 9.47 Å². The molecule has 0 unspecified atom stereocenters. The van der Waals surface area contributed by atoms with Crippen LogP contribution < -0.4 is 10.1 Å². The summed E-state index contributed by atoms with van der Waals surface area (Å²) >= 11 is 0. The summed E-state index contributed by atoms with van der Waals surface area (Å²) in [4.78, 5) is 6.45. The number of halogens is 1. The summed E-state index contributed by atoms with van der Waals surface area (Å²) in [5, 5.41) is 3.40. The van der Waals surface area contributed by atoms with E-state index >= 15 is 0 Å². The fourth-order valence-electron chi connectivity index (χ4n) is 2.37. The molecule has 1 N–H and O–H groups in total. The van der Waals surface area contributed by atoms with Crippen LogP contribution in [-0.2, 0) is 11.3 Å². The van der Waals surface area contributed by atoms with Crippen molar-refractivity contribution in [1.82, 2.24) is 10.2 Å². The second-order valence-electron chi connectivity index (χ2n) is 6.34. The molecular weight excluding hydrogens is 429 g/mol. The SMILES string of the molecule is CCCOc1cccc(CNC(=NC)N(C)CCOCC2CC2)c1.I. The molecule has 6 heteroatoms. The smallest absolute Gasteiger partial charge is 0.193 e. The zero-order valence-electron chi connectivity index (χ0n) is 15.7. The summed E-state index contributed by atoms with van der Waals surface area (Å²) < 4.78 is 11.4. The van der Waals surface area contributed by atoms with Gasteiger partial charge in [-0.3, -0.25) is 4.99 Å². The van der Waals surface area contributed by atoms with Gasteiger partial charge in [0.15, 0.2) is 5.96 Å². The van der Waals surface area contributed by atoms with E-state index < -0.39 is 0 Å². The Bertz CT molecular complexity index is 521. The third-order valence-corrected chi connectivity index (χ3v) is 4.02. The van der Waals surface area contributed by atoms with E-state index in [4.69, 9.17) is 9.47 Å². The number of hydrogen-bond donors (Lipinski definition) is 1. The molecule has 0 spiro atoms. The Labute approximate surface area is 169 Å². The summed E-state index contributed by atoms with van der Waals surface area (Å²) in [5.41, 5.74) is 1.18. The summed E-state index contributed by atoms with van der Waals surface area (Å²) in [6.07, 6.45) is 3.68. The molecule has 1 aliphatic carbocycles. The highest BCUT2D eigenvalue weighted by molar-refractivity contribution is 14.0. The minimum Gasteiger partial charge on any atom is -0.494 e. The van der Waals surface area contributed by atoms with Crippen LogP contribution in [0, 0.1) is 5.92 Å². The van der Waals surface area contributed by atoms with Gasteiger partial charge in [0.2, 0.25) is 0 Å². The molecule has 0 atom stereocenters. The minimum atomic E-state index is 0. The maximum atomic E-state index is 5.70.